The molecule has 0 aliphatic carbocycles. The lowest BCUT2D eigenvalue weighted by molar-refractivity contribution is -0.123. The van der Waals surface area contributed by atoms with Crippen molar-refractivity contribution in [1.29, 1.82) is 0 Å². The molecule has 0 aliphatic rings. The van der Waals surface area contributed by atoms with E-state index in [0.29, 0.717) is 12.0 Å². The van der Waals surface area contributed by atoms with Gasteiger partial charge in [0.15, 0.2) is 0 Å². The summed E-state index contributed by atoms with van der Waals surface area (Å²) in [6.07, 6.45) is 0.389. The molecule has 1 unspecified atom stereocenters. The minimum absolute atomic E-state index is 0.357. The Morgan fingerprint density at radius 2 is 2.05 bits per heavy atom. The molecule has 0 fully saturated rings. The van der Waals surface area contributed by atoms with Crippen LogP contribution in [0.4, 0.5) is 4.39 Å². The van der Waals surface area contributed by atoms with Gasteiger partial charge in [-0.3, -0.25) is 4.79 Å². The van der Waals surface area contributed by atoms with Crippen LogP contribution < -0.4 is 10.5 Å². The van der Waals surface area contributed by atoms with Crippen molar-refractivity contribution in [1.82, 2.24) is 4.72 Å². The maximum atomic E-state index is 13.9. The van der Waals surface area contributed by atoms with Crippen LogP contribution >= 0.6 is 0 Å². The number of primary amides is 1. The summed E-state index contributed by atoms with van der Waals surface area (Å²) in [5.41, 5.74) is 4.65. The molecule has 0 saturated carbocycles. The lowest BCUT2D eigenvalue weighted by Gasteiger charge is -2.25. The van der Waals surface area contributed by atoms with E-state index in [1.807, 2.05) is 4.72 Å². The van der Waals surface area contributed by atoms with Gasteiger partial charge in [0.25, 0.3) is 0 Å². The highest BCUT2D eigenvalue weighted by atomic mass is 32.2. The molecule has 19 heavy (non-hydrogen) atoms. The van der Waals surface area contributed by atoms with Gasteiger partial charge in [0.2, 0.25) is 15.9 Å². The van der Waals surface area contributed by atoms with Crippen LogP contribution in [-0.2, 0) is 20.2 Å². The molecule has 0 spiro atoms. The van der Waals surface area contributed by atoms with Crippen LogP contribution in [0.2, 0.25) is 0 Å². The number of nitrogens with one attached hydrogen (secondary N) is 1. The largest absolute Gasteiger partial charge is 0.369 e. The van der Waals surface area contributed by atoms with Crippen LogP contribution in [-0.4, -0.2) is 21.4 Å². The van der Waals surface area contributed by atoms with Crippen LogP contribution in [0.5, 0.6) is 0 Å². The Bertz CT molecular complexity index is 601. The van der Waals surface area contributed by atoms with E-state index < -0.39 is 32.1 Å². The van der Waals surface area contributed by atoms with Crippen LogP contribution in [0.1, 0.15) is 25.8 Å². The van der Waals surface area contributed by atoms with Gasteiger partial charge in [-0.15, -0.1) is 0 Å². The standard InChI is InChI=1S/C12H17FN2O3S/c1-4-12(2,11(14)16)8-5-6-10(9(13)7-8)19(17,18)15-3/h5-7,15H,4H2,1-3H3,(H2,14,16). The average molecular weight is 288 g/mol. The van der Waals surface area contributed by atoms with Gasteiger partial charge in [0, 0.05) is 0 Å². The molecular formula is C12H17FN2O3S. The zero-order chi connectivity index (χ0) is 14.8. The SMILES string of the molecule is CCC(C)(C(N)=O)c1ccc(S(=O)(=O)NC)c(F)c1. The lowest BCUT2D eigenvalue weighted by atomic mass is 9.79. The van der Waals surface area contributed by atoms with Crippen molar-refractivity contribution in [2.75, 3.05) is 7.05 Å². The Balaban J connectivity index is 3.40. The van der Waals surface area contributed by atoms with Crippen molar-refractivity contribution in [3.63, 3.8) is 0 Å². The van der Waals surface area contributed by atoms with Gasteiger partial charge in [-0.05, 0) is 38.1 Å². The molecule has 0 bridgehead atoms. The van der Waals surface area contributed by atoms with E-state index >= 15 is 0 Å². The summed E-state index contributed by atoms with van der Waals surface area (Å²) in [7, 11) is -2.66. The van der Waals surface area contributed by atoms with Gasteiger partial charge in [-0.25, -0.2) is 17.5 Å². The summed E-state index contributed by atoms with van der Waals surface area (Å²) in [6, 6.07) is 3.58. The Morgan fingerprint density at radius 1 is 1.47 bits per heavy atom. The monoisotopic (exact) mass is 288 g/mol. The van der Waals surface area contributed by atoms with E-state index in [1.165, 1.54) is 13.1 Å². The van der Waals surface area contributed by atoms with Crippen LogP contribution in [0.25, 0.3) is 0 Å². The Hall–Kier alpha value is -1.47. The number of benzene rings is 1. The molecule has 0 heterocycles. The zero-order valence-corrected chi connectivity index (χ0v) is 11.8. The minimum atomic E-state index is -3.86. The fraction of sp³-hybridized carbons (Fsp3) is 0.417. The highest BCUT2D eigenvalue weighted by Gasteiger charge is 2.32. The quantitative estimate of drug-likeness (QED) is 0.843. The number of carbonyl (C=O) groups is 1. The normalized spacial score (nSPS) is 14.9. The summed E-state index contributed by atoms with van der Waals surface area (Å²) in [5.74, 6) is -1.49. The predicted octanol–water partition coefficient (Wildman–Crippen LogP) is 0.887. The second-order valence-electron chi connectivity index (χ2n) is 4.40. The van der Waals surface area contributed by atoms with Crippen molar-refractivity contribution in [3.05, 3.63) is 29.6 Å². The van der Waals surface area contributed by atoms with E-state index in [2.05, 4.69) is 0 Å². The number of amides is 1. The van der Waals surface area contributed by atoms with E-state index in [-0.39, 0.29) is 0 Å². The molecule has 0 saturated heterocycles. The molecule has 1 aromatic rings. The lowest BCUT2D eigenvalue weighted by Crippen LogP contribution is -2.38. The van der Waals surface area contributed by atoms with E-state index in [1.54, 1.807) is 13.8 Å². The molecule has 1 amide bonds. The molecule has 1 atom stereocenters. The van der Waals surface area contributed by atoms with Crippen molar-refractivity contribution in [2.24, 2.45) is 5.73 Å². The van der Waals surface area contributed by atoms with Crippen molar-refractivity contribution in [3.8, 4) is 0 Å². The van der Waals surface area contributed by atoms with Crippen LogP contribution in [0.3, 0.4) is 0 Å². The number of halogens is 1. The fourth-order valence-corrected chi connectivity index (χ4v) is 2.48. The highest BCUT2D eigenvalue weighted by Crippen LogP contribution is 2.29. The summed E-state index contributed by atoms with van der Waals surface area (Å²) >= 11 is 0. The van der Waals surface area contributed by atoms with Crippen molar-refractivity contribution in [2.45, 2.75) is 30.6 Å². The fourth-order valence-electron chi connectivity index (χ4n) is 1.69. The second kappa shape index (κ2) is 5.26. The van der Waals surface area contributed by atoms with Crippen molar-refractivity contribution < 1.29 is 17.6 Å². The molecule has 7 heteroatoms. The molecule has 0 aliphatic heterocycles. The first kappa shape index (κ1) is 15.6. The first-order valence-corrected chi connectivity index (χ1v) is 7.21. The number of nitrogens with two attached hydrogens (primary N) is 1. The Kier molecular flexibility index (Phi) is 4.32. The maximum Gasteiger partial charge on any atom is 0.243 e. The van der Waals surface area contributed by atoms with Gasteiger partial charge in [-0.2, -0.15) is 0 Å². The summed E-state index contributed by atoms with van der Waals surface area (Å²) in [5, 5.41) is 0. The molecule has 3 N–H and O–H groups in total. The molecule has 1 aromatic carbocycles. The van der Waals surface area contributed by atoms with E-state index in [4.69, 9.17) is 5.73 Å². The molecule has 0 aromatic heterocycles. The smallest absolute Gasteiger partial charge is 0.243 e. The third-order valence-corrected chi connectivity index (χ3v) is 4.83. The first-order valence-electron chi connectivity index (χ1n) is 5.72. The third kappa shape index (κ3) is 2.76. The summed E-state index contributed by atoms with van der Waals surface area (Å²) in [4.78, 5) is 11.0. The average Bonchev–Trinajstić information content (AvgIpc) is 2.36. The number of hydrogen-bond acceptors (Lipinski definition) is 3. The van der Waals surface area contributed by atoms with Gasteiger partial charge in [0.1, 0.15) is 10.7 Å². The summed E-state index contributed by atoms with van der Waals surface area (Å²) in [6.45, 7) is 3.34. The van der Waals surface area contributed by atoms with Gasteiger partial charge >= 0.3 is 0 Å². The number of sulfonamides is 1. The molecule has 5 nitrogen and oxygen atoms in total. The molecule has 0 radical (unpaired) electrons. The first-order chi connectivity index (χ1) is 8.69. The highest BCUT2D eigenvalue weighted by molar-refractivity contribution is 7.89. The van der Waals surface area contributed by atoms with Gasteiger partial charge in [0.05, 0.1) is 5.41 Å². The summed E-state index contributed by atoms with van der Waals surface area (Å²) < 4.78 is 39.0. The van der Waals surface area contributed by atoms with E-state index in [0.717, 1.165) is 12.1 Å². The predicted molar refractivity (Wildman–Crippen MR) is 69.5 cm³/mol. The molecule has 1 rings (SSSR count). The molecule has 106 valence electrons. The molecular weight excluding hydrogens is 271 g/mol. The third-order valence-electron chi connectivity index (χ3n) is 3.38. The number of hydrogen-bond donors (Lipinski definition) is 2. The topological polar surface area (TPSA) is 89.3 Å². The van der Waals surface area contributed by atoms with Crippen LogP contribution in [0.15, 0.2) is 23.1 Å². The minimum Gasteiger partial charge on any atom is -0.369 e. The van der Waals surface area contributed by atoms with Crippen molar-refractivity contribution >= 4 is 15.9 Å². The van der Waals surface area contributed by atoms with E-state index in [9.17, 15) is 17.6 Å². The Morgan fingerprint density at radius 3 is 2.42 bits per heavy atom. The number of rotatable bonds is 5. The van der Waals surface area contributed by atoms with Crippen LogP contribution in [0, 0.1) is 5.82 Å². The Labute approximate surface area is 112 Å². The maximum absolute atomic E-state index is 13.9. The zero-order valence-electron chi connectivity index (χ0n) is 11.0. The number of carbonyl (C=O) groups excluding carboxylic acids is 1. The van der Waals surface area contributed by atoms with Gasteiger partial charge < -0.3 is 5.73 Å². The second-order valence-corrected chi connectivity index (χ2v) is 6.26. The van der Waals surface area contributed by atoms with Gasteiger partial charge in [-0.1, -0.05) is 13.0 Å².